The van der Waals surface area contributed by atoms with Crippen LogP contribution in [0.2, 0.25) is 0 Å². The molecule has 2 heterocycles. The Morgan fingerprint density at radius 2 is 1.06 bits per heavy atom. The van der Waals surface area contributed by atoms with Gasteiger partial charge in [0, 0.05) is 50.6 Å². The molecule has 0 aromatic heterocycles. The van der Waals surface area contributed by atoms with Crippen molar-refractivity contribution in [1.29, 1.82) is 0 Å². The molecule has 5 nitrogen and oxygen atoms in total. The van der Waals surface area contributed by atoms with E-state index in [4.69, 9.17) is 0 Å². The standard InChI is InChI=1S/C26H31N4OP/c1-27-17-19-28(20-18-27)26(23-11-5-2-6-12-23)32(31)29(24-13-7-3-8-14-24)21-22-30(32)25-15-9-4-10-16-25/h2-16,26H,17-22H2,1H3. The molecular weight excluding hydrogens is 415 g/mol. The molecule has 5 rings (SSSR count). The monoisotopic (exact) mass is 446 g/mol. The van der Waals surface area contributed by atoms with Crippen molar-refractivity contribution in [2.45, 2.75) is 5.78 Å². The Labute approximate surface area is 191 Å². The molecule has 2 aliphatic heterocycles. The Morgan fingerprint density at radius 3 is 1.53 bits per heavy atom. The number of rotatable bonds is 5. The first-order chi connectivity index (χ1) is 15.7. The van der Waals surface area contributed by atoms with E-state index in [1.807, 2.05) is 42.5 Å². The fourth-order valence-corrected chi connectivity index (χ4v) is 8.66. The molecule has 32 heavy (non-hydrogen) atoms. The van der Waals surface area contributed by atoms with E-state index in [0.29, 0.717) is 0 Å². The molecule has 3 aromatic rings. The predicted molar refractivity (Wildman–Crippen MR) is 133 cm³/mol. The highest BCUT2D eigenvalue weighted by Gasteiger charge is 2.52. The number of nitrogens with zero attached hydrogens (tertiary/aromatic N) is 4. The van der Waals surface area contributed by atoms with Gasteiger partial charge in [-0.3, -0.25) is 9.46 Å². The van der Waals surface area contributed by atoms with E-state index in [0.717, 1.165) is 56.2 Å². The van der Waals surface area contributed by atoms with Gasteiger partial charge in [0.05, 0.1) is 0 Å². The summed E-state index contributed by atoms with van der Waals surface area (Å²) in [6, 6.07) is 31.0. The van der Waals surface area contributed by atoms with Gasteiger partial charge in [-0.15, -0.1) is 0 Å². The van der Waals surface area contributed by atoms with E-state index in [1.165, 1.54) is 0 Å². The van der Waals surface area contributed by atoms with Crippen molar-refractivity contribution in [2.75, 3.05) is 55.7 Å². The molecule has 6 heteroatoms. The zero-order valence-electron chi connectivity index (χ0n) is 18.6. The summed E-state index contributed by atoms with van der Waals surface area (Å²) >= 11 is 0. The van der Waals surface area contributed by atoms with Crippen LogP contribution in [-0.4, -0.2) is 56.1 Å². The summed E-state index contributed by atoms with van der Waals surface area (Å²) in [7, 11) is -0.915. The van der Waals surface area contributed by atoms with Crippen molar-refractivity contribution in [1.82, 2.24) is 9.80 Å². The lowest BCUT2D eigenvalue weighted by Gasteiger charge is -2.45. The van der Waals surface area contributed by atoms with E-state index >= 15 is 4.57 Å². The molecule has 0 spiro atoms. The maximum Gasteiger partial charge on any atom is 0.284 e. The summed E-state index contributed by atoms with van der Waals surface area (Å²) in [5, 5.41) is 0. The number of para-hydroxylation sites is 2. The third kappa shape index (κ3) is 3.86. The Balaban J connectivity index is 1.66. The smallest absolute Gasteiger partial charge is 0.284 e. The first-order valence-electron chi connectivity index (χ1n) is 11.4. The van der Waals surface area contributed by atoms with Gasteiger partial charge in [-0.05, 0) is 36.9 Å². The van der Waals surface area contributed by atoms with Crippen molar-refractivity contribution in [3.8, 4) is 0 Å². The molecule has 1 unspecified atom stereocenters. The van der Waals surface area contributed by atoms with E-state index in [2.05, 4.69) is 74.7 Å². The highest BCUT2D eigenvalue weighted by atomic mass is 31.2. The quantitative estimate of drug-likeness (QED) is 0.506. The van der Waals surface area contributed by atoms with Gasteiger partial charge in [0.2, 0.25) is 0 Å². The van der Waals surface area contributed by atoms with Gasteiger partial charge in [-0.2, -0.15) is 0 Å². The number of likely N-dealkylation sites (N-methyl/N-ethyl adjacent to an activating group) is 1. The van der Waals surface area contributed by atoms with E-state index < -0.39 is 7.44 Å². The second kappa shape index (κ2) is 9.11. The number of piperazine rings is 1. The summed E-state index contributed by atoms with van der Waals surface area (Å²) in [6.45, 7) is 5.27. The number of hydrogen-bond acceptors (Lipinski definition) is 3. The summed E-state index contributed by atoms with van der Waals surface area (Å²) in [5.41, 5.74) is 3.19. The van der Waals surface area contributed by atoms with E-state index in [1.54, 1.807) is 0 Å². The average molecular weight is 447 g/mol. The molecule has 2 fully saturated rings. The van der Waals surface area contributed by atoms with Crippen molar-refractivity contribution in [3.05, 3.63) is 96.6 Å². The highest BCUT2D eigenvalue weighted by molar-refractivity contribution is 7.67. The van der Waals surface area contributed by atoms with Crippen molar-refractivity contribution >= 4 is 18.8 Å². The van der Waals surface area contributed by atoms with Gasteiger partial charge in [-0.25, -0.2) is 0 Å². The van der Waals surface area contributed by atoms with Crippen LogP contribution in [0.25, 0.3) is 0 Å². The van der Waals surface area contributed by atoms with Gasteiger partial charge in [0.25, 0.3) is 7.44 Å². The van der Waals surface area contributed by atoms with Crippen LogP contribution in [0.1, 0.15) is 11.3 Å². The van der Waals surface area contributed by atoms with Crippen molar-refractivity contribution in [2.24, 2.45) is 0 Å². The molecule has 0 aliphatic carbocycles. The minimum Gasteiger partial charge on any atom is -0.304 e. The molecule has 1 atom stereocenters. The van der Waals surface area contributed by atoms with Crippen LogP contribution in [0.4, 0.5) is 11.4 Å². The maximum atomic E-state index is 15.6. The fourth-order valence-electron chi connectivity index (χ4n) is 4.97. The molecule has 0 saturated carbocycles. The Morgan fingerprint density at radius 1 is 0.625 bits per heavy atom. The SMILES string of the molecule is CN1CCN(C(c2ccccc2)P2(=O)N(c3ccccc3)CCN2c2ccccc2)CC1. The third-order valence-electron chi connectivity index (χ3n) is 6.62. The van der Waals surface area contributed by atoms with Gasteiger partial charge >= 0.3 is 0 Å². The third-order valence-corrected chi connectivity index (χ3v) is 10.1. The molecule has 0 bridgehead atoms. The lowest BCUT2D eigenvalue weighted by molar-refractivity contribution is 0.139. The van der Waals surface area contributed by atoms with Crippen LogP contribution < -0.4 is 9.34 Å². The summed E-state index contributed by atoms with van der Waals surface area (Å²) in [6.07, 6.45) is 0. The normalized spacial score (nSPS) is 20.4. The first kappa shape index (κ1) is 21.3. The van der Waals surface area contributed by atoms with E-state index in [-0.39, 0.29) is 5.78 Å². The fraction of sp³-hybridized carbons (Fsp3) is 0.308. The average Bonchev–Trinajstić information content (AvgIpc) is 3.19. The van der Waals surface area contributed by atoms with Crippen LogP contribution >= 0.6 is 7.44 Å². The van der Waals surface area contributed by atoms with E-state index in [9.17, 15) is 0 Å². The number of anilines is 2. The minimum absolute atomic E-state index is 0.194. The molecule has 166 valence electrons. The Hall–Kier alpha value is -2.59. The highest BCUT2D eigenvalue weighted by Crippen LogP contribution is 2.69. The van der Waals surface area contributed by atoms with Crippen molar-refractivity contribution in [3.63, 3.8) is 0 Å². The minimum atomic E-state index is -3.08. The molecule has 0 radical (unpaired) electrons. The largest absolute Gasteiger partial charge is 0.304 e. The molecule has 0 amide bonds. The van der Waals surface area contributed by atoms with Gasteiger partial charge in [0.1, 0.15) is 5.78 Å². The summed E-state index contributed by atoms with van der Waals surface area (Å²) in [4.78, 5) is 4.81. The Bertz CT molecular complexity index is 1000. The molecule has 2 aliphatic rings. The van der Waals surface area contributed by atoms with Gasteiger partial charge in [-0.1, -0.05) is 66.7 Å². The lowest BCUT2D eigenvalue weighted by atomic mass is 10.2. The predicted octanol–water partition coefficient (Wildman–Crippen LogP) is 5.15. The summed E-state index contributed by atoms with van der Waals surface area (Å²) in [5.74, 6) is -0.194. The van der Waals surface area contributed by atoms with Crippen LogP contribution in [0.15, 0.2) is 91.0 Å². The van der Waals surface area contributed by atoms with Gasteiger partial charge < -0.3 is 14.2 Å². The van der Waals surface area contributed by atoms with Gasteiger partial charge in [0.15, 0.2) is 0 Å². The van der Waals surface area contributed by atoms with Crippen LogP contribution in [0, 0.1) is 0 Å². The second-order valence-corrected chi connectivity index (χ2v) is 11.3. The zero-order chi connectivity index (χ0) is 22.0. The Kier molecular flexibility index (Phi) is 6.05. The molecular formula is C26H31N4OP. The lowest BCUT2D eigenvalue weighted by Crippen LogP contribution is -2.47. The zero-order valence-corrected chi connectivity index (χ0v) is 19.5. The van der Waals surface area contributed by atoms with Crippen molar-refractivity contribution < 1.29 is 4.57 Å². The molecule has 0 N–H and O–H groups in total. The summed E-state index contributed by atoms with van der Waals surface area (Å²) < 4.78 is 19.9. The topological polar surface area (TPSA) is 30.0 Å². The van der Waals surface area contributed by atoms with Crippen LogP contribution in [0.5, 0.6) is 0 Å². The van der Waals surface area contributed by atoms with Crippen LogP contribution in [-0.2, 0) is 4.57 Å². The number of benzene rings is 3. The first-order valence-corrected chi connectivity index (χ1v) is 13.1. The molecule has 3 aromatic carbocycles. The molecule has 2 saturated heterocycles. The number of hydrogen-bond donors (Lipinski definition) is 0. The second-order valence-electron chi connectivity index (χ2n) is 8.63. The van der Waals surface area contributed by atoms with Crippen LogP contribution in [0.3, 0.4) is 0 Å². The maximum absolute atomic E-state index is 15.6.